The SMILES string of the molecule is NC1CCCCC1C(=O)Nc1cc(Cl)ccc1F. The maximum absolute atomic E-state index is 13.5. The van der Waals surface area contributed by atoms with Gasteiger partial charge in [-0.1, -0.05) is 24.4 Å². The maximum Gasteiger partial charge on any atom is 0.229 e. The van der Waals surface area contributed by atoms with Gasteiger partial charge in [0.05, 0.1) is 11.6 Å². The Labute approximate surface area is 111 Å². The molecule has 2 unspecified atom stereocenters. The Morgan fingerprint density at radius 1 is 1.39 bits per heavy atom. The van der Waals surface area contributed by atoms with Gasteiger partial charge in [0.2, 0.25) is 5.91 Å². The first-order valence-electron chi connectivity index (χ1n) is 6.09. The van der Waals surface area contributed by atoms with E-state index < -0.39 is 5.82 Å². The van der Waals surface area contributed by atoms with Gasteiger partial charge < -0.3 is 11.1 Å². The molecular weight excluding hydrogens is 255 g/mol. The van der Waals surface area contributed by atoms with Gasteiger partial charge in [0.25, 0.3) is 0 Å². The third-order valence-electron chi connectivity index (χ3n) is 3.34. The highest BCUT2D eigenvalue weighted by atomic mass is 35.5. The summed E-state index contributed by atoms with van der Waals surface area (Å²) in [5.74, 6) is -0.947. The zero-order chi connectivity index (χ0) is 13.1. The van der Waals surface area contributed by atoms with E-state index in [1.807, 2.05) is 0 Å². The lowest BCUT2D eigenvalue weighted by Crippen LogP contribution is -2.40. The van der Waals surface area contributed by atoms with Crippen LogP contribution in [0.1, 0.15) is 25.7 Å². The number of carbonyl (C=O) groups is 1. The molecule has 2 atom stereocenters. The van der Waals surface area contributed by atoms with Gasteiger partial charge in [0, 0.05) is 11.1 Å². The van der Waals surface area contributed by atoms with Crippen LogP contribution in [0.4, 0.5) is 10.1 Å². The second kappa shape index (κ2) is 5.67. The van der Waals surface area contributed by atoms with E-state index in [9.17, 15) is 9.18 Å². The normalized spacial score (nSPS) is 23.7. The average Bonchev–Trinajstić information content (AvgIpc) is 2.34. The summed E-state index contributed by atoms with van der Waals surface area (Å²) in [5.41, 5.74) is 6.04. The Hall–Kier alpha value is -1.13. The van der Waals surface area contributed by atoms with Crippen LogP contribution >= 0.6 is 11.6 Å². The van der Waals surface area contributed by atoms with Crippen molar-refractivity contribution in [3.8, 4) is 0 Å². The standard InChI is InChI=1S/C13H16ClFN2O/c14-8-5-6-10(15)12(7-8)17-13(18)9-3-1-2-4-11(9)16/h5-7,9,11H,1-4,16H2,(H,17,18). The summed E-state index contributed by atoms with van der Waals surface area (Å²) in [5, 5.41) is 2.96. The topological polar surface area (TPSA) is 55.1 Å². The second-order valence-corrected chi connectivity index (χ2v) is 5.10. The first-order chi connectivity index (χ1) is 8.58. The van der Waals surface area contributed by atoms with Gasteiger partial charge in [0.15, 0.2) is 0 Å². The van der Waals surface area contributed by atoms with E-state index >= 15 is 0 Å². The summed E-state index contributed by atoms with van der Waals surface area (Å²) < 4.78 is 13.5. The van der Waals surface area contributed by atoms with Gasteiger partial charge in [0.1, 0.15) is 5.82 Å². The monoisotopic (exact) mass is 270 g/mol. The smallest absolute Gasteiger partial charge is 0.229 e. The Balaban J connectivity index is 2.08. The Morgan fingerprint density at radius 3 is 2.83 bits per heavy atom. The number of hydrogen-bond donors (Lipinski definition) is 2. The van der Waals surface area contributed by atoms with Gasteiger partial charge >= 0.3 is 0 Å². The van der Waals surface area contributed by atoms with Gasteiger partial charge in [-0.2, -0.15) is 0 Å². The van der Waals surface area contributed by atoms with E-state index in [0.29, 0.717) is 5.02 Å². The summed E-state index contributed by atoms with van der Waals surface area (Å²) in [7, 11) is 0. The highest BCUT2D eigenvalue weighted by Gasteiger charge is 2.28. The fourth-order valence-corrected chi connectivity index (χ4v) is 2.48. The van der Waals surface area contributed by atoms with Crippen molar-refractivity contribution in [1.29, 1.82) is 0 Å². The molecule has 18 heavy (non-hydrogen) atoms. The van der Waals surface area contributed by atoms with Crippen LogP contribution in [0.15, 0.2) is 18.2 Å². The van der Waals surface area contributed by atoms with Gasteiger partial charge in [-0.15, -0.1) is 0 Å². The van der Waals surface area contributed by atoms with Crippen molar-refractivity contribution in [2.24, 2.45) is 11.7 Å². The lowest BCUT2D eigenvalue weighted by molar-refractivity contribution is -0.121. The molecule has 1 fully saturated rings. The average molecular weight is 271 g/mol. The molecule has 0 aromatic heterocycles. The molecule has 1 aliphatic carbocycles. The zero-order valence-corrected chi connectivity index (χ0v) is 10.7. The number of nitrogens with one attached hydrogen (secondary N) is 1. The molecular formula is C13H16ClFN2O. The van der Waals surface area contributed by atoms with E-state index in [0.717, 1.165) is 25.7 Å². The molecule has 3 N–H and O–H groups in total. The van der Waals surface area contributed by atoms with Crippen LogP contribution in [-0.4, -0.2) is 11.9 Å². The van der Waals surface area contributed by atoms with Crippen LogP contribution in [0.25, 0.3) is 0 Å². The Morgan fingerprint density at radius 2 is 2.11 bits per heavy atom. The highest BCUT2D eigenvalue weighted by molar-refractivity contribution is 6.30. The fraction of sp³-hybridized carbons (Fsp3) is 0.462. The molecule has 1 saturated carbocycles. The number of carbonyl (C=O) groups excluding carboxylic acids is 1. The largest absolute Gasteiger partial charge is 0.327 e. The molecule has 2 rings (SSSR count). The Kier molecular flexibility index (Phi) is 4.19. The van der Waals surface area contributed by atoms with Gasteiger partial charge in [-0.25, -0.2) is 4.39 Å². The van der Waals surface area contributed by atoms with Crippen LogP contribution in [0.2, 0.25) is 5.02 Å². The zero-order valence-electron chi connectivity index (χ0n) is 9.96. The number of anilines is 1. The molecule has 0 radical (unpaired) electrons. The predicted octanol–water partition coefficient (Wildman–Crippen LogP) is 2.94. The van der Waals surface area contributed by atoms with Crippen molar-refractivity contribution in [3.63, 3.8) is 0 Å². The third kappa shape index (κ3) is 3.00. The number of amides is 1. The van der Waals surface area contributed by atoms with Crippen LogP contribution in [-0.2, 0) is 4.79 Å². The fourth-order valence-electron chi connectivity index (χ4n) is 2.30. The summed E-state index contributed by atoms with van der Waals surface area (Å²) in [6.45, 7) is 0. The van der Waals surface area contributed by atoms with E-state index in [2.05, 4.69) is 5.32 Å². The van der Waals surface area contributed by atoms with Crippen molar-refractivity contribution in [2.45, 2.75) is 31.7 Å². The van der Waals surface area contributed by atoms with Crippen LogP contribution in [0, 0.1) is 11.7 Å². The van der Waals surface area contributed by atoms with Crippen LogP contribution in [0.3, 0.4) is 0 Å². The maximum atomic E-state index is 13.5. The minimum Gasteiger partial charge on any atom is -0.327 e. The van der Waals surface area contributed by atoms with Crippen molar-refractivity contribution in [2.75, 3.05) is 5.32 Å². The van der Waals surface area contributed by atoms with Gasteiger partial charge in [-0.05, 0) is 31.0 Å². The quantitative estimate of drug-likeness (QED) is 0.868. The molecule has 0 saturated heterocycles. The molecule has 1 aromatic carbocycles. The number of rotatable bonds is 2. The molecule has 0 heterocycles. The molecule has 3 nitrogen and oxygen atoms in total. The Bertz CT molecular complexity index is 453. The summed E-state index contributed by atoms with van der Waals surface area (Å²) >= 11 is 5.77. The number of halogens is 2. The summed E-state index contributed by atoms with van der Waals surface area (Å²) in [6.07, 6.45) is 3.64. The number of nitrogens with two attached hydrogens (primary N) is 1. The van der Waals surface area contributed by atoms with Crippen molar-refractivity contribution in [3.05, 3.63) is 29.0 Å². The lowest BCUT2D eigenvalue weighted by atomic mass is 9.84. The van der Waals surface area contributed by atoms with Crippen LogP contribution in [0.5, 0.6) is 0 Å². The van der Waals surface area contributed by atoms with Crippen molar-refractivity contribution >= 4 is 23.2 Å². The number of hydrogen-bond acceptors (Lipinski definition) is 2. The summed E-state index contributed by atoms with van der Waals surface area (Å²) in [4.78, 5) is 12.0. The summed E-state index contributed by atoms with van der Waals surface area (Å²) in [6, 6.07) is 3.95. The first-order valence-corrected chi connectivity index (χ1v) is 6.47. The molecule has 0 spiro atoms. The second-order valence-electron chi connectivity index (χ2n) is 4.67. The van der Waals surface area contributed by atoms with E-state index in [1.165, 1.54) is 18.2 Å². The minimum absolute atomic E-state index is 0.116. The lowest BCUT2D eigenvalue weighted by Gasteiger charge is -2.27. The molecule has 5 heteroatoms. The molecule has 1 aromatic rings. The highest BCUT2D eigenvalue weighted by Crippen LogP contribution is 2.26. The predicted molar refractivity (Wildman–Crippen MR) is 70.0 cm³/mol. The molecule has 1 aliphatic rings. The van der Waals surface area contributed by atoms with Crippen LogP contribution < -0.4 is 11.1 Å². The number of benzene rings is 1. The molecule has 0 bridgehead atoms. The molecule has 0 aliphatic heterocycles. The van der Waals surface area contributed by atoms with E-state index in [1.54, 1.807) is 0 Å². The molecule has 98 valence electrons. The van der Waals surface area contributed by atoms with Crippen molar-refractivity contribution < 1.29 is 9.18 Å². The van der Waals surface area contributed by atoms with E-state index in [4.69, 9.17) is 17.3 Å². The third-order valence-corrected chi connectivity index (χ3v) is 3.58. The van der Waals surface area contributed by atoms with Crippen molar-refractivity contribution in [1.82, 2.24) is 0 Å². The van der Waals surface area contributed by atoms with E-state index in [-0.39, 0.29) is 23.6 Å². The minimum atomic E-state index is -0.489. The van der Waals surface area contributed by atoms with Gasteiger partial charge in [-0.3, -0.25) is 4.79 Å². The first kappa shape index (κ1) is 13.3. The molecule has 1 amide bonds.